The van der Waals surface area contributed by atoms with Crippen LogP contribution in [0.4, 0.5) is 0 Å². The van der Waals surface area contributed by atoms with Gasteiger partial charge in [-0.3, -0.25) is 9.80 Å². The summed E-state index contributed by atoms with van der Waals surface area (Å²) >= 11 is 0. The summed E-state index contributed by atoms with van der Waals surface area (Å²) in [4.78, 5) is 4.88. The van der Waals surface area contributed by atoms with E-state index in [0.29, 0.717) is 46.6 Å². The van der Waals surface area contributed by atoms with E-state index in [2.05, 4.69) is 51.3 Å². The predicted molar refractivity (Wildman–Crippen MR) is 152 cm³/mol. The fraction of sp³-hybridized carbons (Fsp3) is 0.812. The highest BCUT2D eigenvalue weighted by atomic mass is 16.5. The smallest absolute Gasteiger partial charge is 0.119 e. The molecular formula is C32H52N2O4. The number of fused-ring (bicyclic) bond motifs is 4. The second-order valence-electron chi connectivity index (χ2n) is 14.8. The number of rotatable bonds is 10. The van der Waals surface area contributed by atoms with E-state index >= 15 is 0 Å². The highest BCUT2D eigenvalue weighted by molar-refractivity contribution is 5.31. The topological polar surface area (TPSA) is 65.4 Å². The third kappa shape index (κ3) is 5.23. The van der Waals surface area contributed by atoms with Gasteiger partial charge in [-0.15, -0.1) is 0 Å². The number of benzene rings is 1. The third-order valence-electron chi connectivity index (χ3n) is 12.0. The molecule has 6 nitrogen and oxygen atoms in total. The van der Waals surface area contributed by atoms with Crippen LogP contribution in [0.2, 0.25) is 0 Å². The molecule has 5 rings (SSSR count). The minimum Gasteiger partial charge on any atom is -0.491 e. The molecule has 2 saturated heterocycles. The molecule has 2 aliphatic carbocycles. The van der Waals surface area contributed by atoms with Gasteiger partial charge in [0.1, 0.15) is 36.9 Å². The third-order valence-corrected chi connectivity index (χ3v) is 12.0. The van der Waals surface area contributed by atoms with Crippen molar-refractivity contribution in [2.75, 3.05) is 52.5 Å². The van der Waals surface area contributed by atoms with Crippen molar-refractivity contribution in [2.45, 2.75) is 79.4 Å². The first kappa shape index (κ1) is 28.2. The van der Waals surface area contributed by atoms with Crippen molar-refractivity contribution in [3.05, 3.63) is 24.3 Å². The molecular weight excluding hydrogens is 476 g/mol. The number of nitrogens with zero attached hydrogens (tertiary/aromatic N) is 2. The molecule has 0 aromatic heterocycles. The maximum atomic E-state index is 10.7. The number of aliphatic hydroxyl groups is 2. The Hall–Kier alpha value is -1.34. The number of aliphatic hydroxyl groups excluding tert-OH is 2. The van der Waals surface area contributed by atoms with Crippen molar-refractivity contribution in [2.24, 2.45) is 33.5 Å². The Kier molecular flexibility index (Phi) is 7.60. The molecule has 2 aliphatic heterocycles. The number of β-amino-alcohol motifs (C(OH)–C–C–N with tert-alkyl or cyclic N) is 2. The maximum Gasteiger partial charge on any atom is 0.119 e. The fourth-order valence-corrected chi connectivity index (χ4v) is 8.28. The summed E-state index contributed by atoms with van der Waals surface area (Å²) in [5.74, 6) is 2.88. The van der Waals surface area contributed by atoms with E-state index in [9.17, 15) is 10.2 Å². The van der Waals surface area contributed by atoms with Gasteiger partial charge in [-0.2, -0.15) is 0 Å². The summed E-state index contributed by atoms with van der Waals surface area (Å²) in [5.41, 5.74) is 1.44. The lowest BCUT2D eigenvalue weighted by Crippen LogP contribution is -2.54. The molecule has 0 amide bonds. The number of ether oxygens (including phenoxy) is 2. The normalized spacial score (nSPS) is 35.7. The molecule has 38 heavy (non-hydrogen) atoms. The van der Waals surface area contributed by atoms with E-state index in [1.54, 1.807) is 0 Å². The van der Waals surface area contributed by atoms with Crippen LogP contribution in [-0.4, -0.2) is 84.7 Å². The molecule has 1 aromatic rings. The molecule has 214 valence electrons. The minimum atomic E-state index is -0.511. The molecule has 4 bridgehead atoms. The average Bonchev–Trinajstić information content (AvgIpc) is 3.05. The molecule has 2 N–H and O–H groups in total. The van der Waals surface area contributed by atoms with Crippen LogP contribution in [0.1, 0.15) is 67.2 Å². The quantitative estimate of drug-likeness (QED) is 0.460. The van der Waals surface area contributed by atoms with Crippen LogP contribution in [0.3, 0.4) is 0 Å². The average molecular weight is 529 g/mol. The number of hydrogen-bond acceptors (Lipinski definition) is 6. The molecule has 1 aromatic carbocycles. The van der Waals surface area contributed by atoms with Crippen LogP contribution >= 0.6 is 0 Å². The van der Waals surface area contributed by atoms with Crippen molar-refractivity contribution >= 4 is 0 Å². The monoisotopic (exact) mass is 528 g/mol. The minimum absolute atomic E-state index is 0.284. The number of likely N-dealkylation sites (tertiary alicyclic amines) is 2. The predicted octanol–water partition coefficient (Wildman–Crippen LogP) is 4.68. The molecule has 0 spiro atoms. The fourth-order valence-electron chi connectivity index (χ4n) is 8.28. The Balaban J connectivity index is 1.02. The molecule has 4 fully saturated rings. The lowest BCUT2D eigenvalue weighted by Gasteiger charge is -2.50. The van der Waals surface area contributed by atoms with E-state index in [0.717, 1.165) is 37.7 Å². The number of piperidine rings is 2. The summed E-state index contributed by atoms with van der Waals surface area (Å²) in [6, 6.07) is 7.52. The summed E-state index contributed by atoms with van der Waals surface area (Å²) in [6.45, 7) is 20.7. The molecule has 0 radical (unpaired) electrons. The van der Waals surface area contributed by atoms with Gasteiger partial charge in [0.2, 0.25) is 0 Å². The van der Waals surface area contributed by atoms with Crippen LogP contribution in [0.15, 0.2) is 24.3 Å². The van der Waals surface area contributed by atoms with Gasteiger partial charge in [0.15, 0.2) is 0 Å². The second-order valence-corrected chi connectivity index (χ2v) is 14.8. The van der Waals surface area contributed by atoms with Gasteiger partial charge in [0.05, 0.1) is 0 Å². The zero-order valence-electron chi connectivity index (χ0n) is 24.7. The Morgan fingerprint density at radius 1 is 0.711 bits per heavy atom. The van der Waals surface area contributed by atoms with Gasteiger partial charge in [0.25, 0.3) is 0 Å². The maximum absolute atomic E-state index is 10.7. The van der Waals surface area contributed by atoms with Gasteiger partial charge in [0, 0.05) is 39.3 Å². The second kappa shape index (κ2) is 10.2. The summed E-state index contributed by atoms with van der Waals surface area (Å²) < 4.78 is 11.8. The van der Waals surface area contributed by atoms with Gasteiger partial charge in [-0.25, -0.2) is 0 Å². The van der Waals surface area contributed by atoms with E-state index in [1.807, 2.05) is 24.3 Å². The van der Waals surface area contributed by atoms with E-state index < -0.39 is 12.2 Å². The first-order chi connectivity index (χ1) is 17.8. The first-order valence-electron chi connectivity index (χ1n) is 15.0. The van der Waals surface area contributed by atoms with Crippen LogP contribution in [0.5, 0.6) is 11.5 Å². The SMILES string of the molecule is CC1(C)[C@@H]2CC[C@@]1(C)CN(C[C@H](O)COc1ccc(OC[C@@H](O)CN3C[C@@H]4CC[C@](C)(C3)C4(C)C)cc1)C2. The highest BCUT2D eigenvalue weighted by Gasteiger charge is 2.56. The molecule has 6 atom stereocenters. The van der Waals surface area contributed by atoms with E-state index in [-0.39, 0.29) is 13.2 Å². The van der Waals surface area contributed by atoms with Gasteiger partial charge in [-0.05, 0) is 83.4 Å². The van der Waals surface area contributed by atoms with Crippen molar-refractivity contribution in [3.63, 3.8) is 0 Å². The van der Waals surface area contributed by atoms with Crippen molar-refractivity contribution in [1.29, 1.82) is 0 Å². The lowest BCUT2D eigenvalue weighted by atomic mass is 9.63. The van der Waals surface area contributed by atoms with Gasteiger partial charge >= 0.3 is 0 Å². The van der Waals surface area contributed by atoms with E-state index in [1.165, 1.54) is 25.7 Å². The van der Waals surface area contributed by atoms with Gasteiger partial charge in [-0.1, -0.05) is 41.5 Å². The zero-order chi connectivity index (χ0) is 27.3. The Labute approximate surface area is 230 Å². The molecule has 0 unspecified atom stereocenters. The van der Waals surface area contributed by atoms with Crippen molar-refractivity contribution in [3.8, 4) is 11.5 Å². The molecule has 2 heterocycles. The molecule has 4 aliphatic rings. The van der Waals surface area contributed by atoms with Crippen LogP contribution < -0.4 is 9.47 Å². The summed E-state index contributed by atoms with van der Waals surface area (Å²) in [6.07, 6.45) is 4.15. The van der Waals surface area contributed by atoms with E-state index in [4.69, 9.17) is 9.47 Å². The first-order valence-corrected chi connectivity index (χ1v) is 15.0. The number of hydrogen-bond donors (Lipinski definition) is 2. The van der Waals surface area contributed by atoms with Crippen LogP contribution in [0, 0.1) is 33.5 Å². The van der Waals surface area contributed by atoms with Crippen molar-refractivity contribution < 1.29 is 19.7 Å². The van der Waals surface area contributed by atoms with Crippen LogP contribution in [0.25, 0.3) is 0 Å². The lowest BCUT2D eigenvalue weighted by molar-refractivity contribution is -0.0381. The Morgan fingerprint density at radius 3 is 1.42 bits per heavy atom. The zero-order valence-corrected chi connectivity index (χ0v) is 24.7. The molecule has 2 saturated carbocycles. The standard InChI is InChI=1S/C32H52N2O4/c1-29(2)23-11-13-31(29,5)21-33(15-23)17-25(35)19-37-27-7-9-28(10-8-27)38-20-26(36)18-34-16-24-12-14-32(6,22-34)30(24,3)4/h7-10,23-26,35-36H,11-22H2,1-6H3/t23-,24+,25-,26-,31+,32-/m0/s1. The molecule has 6 heteroatoms. The largest absolute Gasteiger partial charge is 0.491 e. The van der Waals surface area contributed by atoms with Crippen LogP contribution in [-0.2, 0) is 0 Å². The Morgan fingerprint density at radius 2 is 1.08 bits per heavy atom. The van der Waals surface area contributed by atoms with Crippen molar-refractivity contribution in [1.82, 2.24) is 9.80 Å². The summed E-state index contributed by atoms with van der Waals surface area (Å²) in [7, 11) is 0. The Bertz CT molecular complexity index is 888. The van der Waals surface area contributed by atoms with Gasteiger partial charge < -0.3 is 19.7 Å². The highest BCUT2D eigenvalue weighted by Crippen LogP contribution is 2.59. The summed E-state index contributed by atoms with van der Waals surface area (Å²) in [5, 5.41) is 21.3.